The number of hydrogen-bond acceptors (Lipinski definition) is 5. The predicted octanol–water partition coefficient (Wildman–Crippen LogP) is 29.4. The van der Waals surface area contributed by atoms with Crippen molar-refractivity contribution in [3.05, 3.63) is 364 Å². The molecule has 25 aromatic rings. The Balaban J connectivity index is 0.000000137. The molecule has 0 saturated carbocycles. The smallest absolute Gasteiger partial charge is 0.161 e. The number of fused-ring (bicyclic) bond motifs is 24. The van der Waals surface area contributed by atoms with Crippen molar-refractivity contribution in [1.82, 2.24) is 18.3 Å². The second-order valence-electron chi connectivity index (χ2n) is 28.0. The van der Waals surface area contributed by atoms with Crippen molar-refractivity contribution in [2.45, 2.75) is 0 Å². The van der Waals surface area contributed by atoms with Gasteiger partial charge < -0.3 is 31.5 Å². The van der Waals surface area contributed by atoms with Crippen LogP contribution in [-0.2, 0) is 0 Å². The van der Waals surface area contributed by atoms with Gasteiger partial charge in [0, 0.05) is 140 Å². The van der Waals surface area contributed by atoms with Crippen molar-refractivity contribution in [3.63, 3.8) is 0 Å². The van der Waals surface area contributed by atoms with Crippen LogP contribution in [0.1, 0.15) is 13.7 Å². The van der Waals surface area contributed by atoms with E-state index < -0.39 is 24.2 Å². The Labute approximate surface area is 656 Å². The molecule has 0 bridgehead atoms. The van der Waals surface area contributed by atoms with Gasteiger partial charge in [0.2, 0.25) is 0 Å². The van der Waals surface area contributed by atoms with Gasteiger partial charge in [-0.05, 0) is 109 Å². The van der Waals surface area contributed by atoms with Gasteiger partial charge in [-0.15, -0.1) is 22.7 Å². The lowest BCUT2D eigenvalue weighted by atomic mass is 9.93. The number of rotatable bonds is 8. The van der Waals surface area contributed by atoms with Crippen LogP contribution < -0.4 is 0 Å². The van der Waals surface area contributed by atoms with Crippen molar-refractivity contribution in [3.8, 4) is 67.3 Å². The second-order valence-corrected chi connectivity index (χ2v) is 30.1. The zero-order valence-electron chi connectivity index (χ0n) is 68.7. The first-order chi connectivity index (χ1) is 59.3. The maximum atomic E-state index is 9.08. The molecule has 0 amide bonds. The first-order valence-electron chi connectivity index (χ1n) is 41.8. The summed E-state index contributed by atoms with van der Waals surface area (Å²) < 4.78 is 121. The van der Waals surface area contributed by atoms with Crippen LogP contribution in [0.15, 0.2) is 377 Å². The van der Waals surface area contributed by atoms with Gasteiger partial charge >= 0.3 is 0 Å². The lowest BCUT2D eigenvalue weighted by Gasteiger charge is -2.14. The zero-order valence-corrected chi connectivity index (χ0v) is 60.3. The van der Waals surface area contributed by atoms with Gasteiger partial charge in [0.15, 0.2) is 11.2 Å². The molecule has 25 rings (SSSR count). The summed E-state index contributed by atoms with van der Waals surface area (Å²) in [6, 6.07) is 101. The molecule has 0 spiro atoms. The van der Waals surface area contributed by atoms with Gasteiger partial charge in [0.05, 0.1) is 51.5 Å². The van der Waals surface area contributed by atoms with Crippen LogP contribution in [0.25, 0.3) is 228 Å². The van der Waals surface area contributed by atoms with Crippen molar-refractivity contribution >= 4 is 184 Å². The summed E-state index contributed by atoms with van der Waals surface area (Å²) >= 11 is 3.65. The number of hydrogen-bond donors (Lipinski definition) is 0. The van der Waals surface area contributed by atoms with Crippen molar-refractivity contribution < 1.29 is 27.0 Å². The number of furan rings is 3. The summed E-state index contributed by atoms with van der Waals surface area (Å²) in [7, 11) is 0. The minimum Gasteiger partial charge on any atom is -0.455 e. The highest BCUT2D eigenvalue weighted by molar-refractivity contribution is 7.28. The number of thiophene rings is 2. The summed E-state index contributed by atoms with van der Waals surface area (Å²) in [5.41, 5.74) is 21.7. The van der Waals surface area contributed by atoms with E-state index in [4.69, 9.17) is 27.0 Å². The molecule has 7 nitrogen and oxygen atoms in total. The van der Waals surface area contributed by atoms with Crippen LogP contribution in [0.5, 0.6) is 0 Å². The molecule has 0 radical (unpaired) electrons. The quantitative estimate of drug-likeness (QED) is 0.152. The predicted molar refractivity (Wildman–Crippen MR) is 467 cm³/mol. The Kier molecular flexibility index (Phi) is 11.5. The van der Waals surface area contributed by atoms with E-state index in [1.165, 1.54) is 46.2 Å². The highest BCUT2D eigenvalue weighted by Crippen LogP contribution is 2.53. The summed E-state index contributed by atoms with van der Waals surface area (Å²) in [5.74, 6) is 0. The fourth-order valence-corrected chi connectivity index (χ4v) is 20.3. The van der Waals surface area contributed by atoms with E-state index in [0.717, 1.165) is 143 Å². The lowest BCUT2D eigenvalue weighted by Crippen LogP contribution is -1.95. The summed E-state index contributed by atoms with van der Waals surface area (Å²) in [6.45, 7) is 0. The largest absolute Gasteiger partial charge is 0.455 e. The standard InChI is InChI=1S/C52H30N2O3.C50H30N2S2/c1-3-15-31(16-4-1)53-43-29-9-7-19-39(43)51-45(53)41-27-13-25-37(49(41)56-51)35-23-11-21-33-34-22-12-24-36(48(34)55-47(33)35)38-26-14-28-42-46-52(57-50(38)42)40-20-8-10-30-44(40)54(46)32-17-5-2-6-18-32;1-3-15-31(16-4-1)51-42-26-10-7-19-33(42)35-22-13-23-36(46(35)51)34-29-30-38(49-45(34)40-21-9-12-28-44(40)53-49)37-24-14-25-41-47-50(54-48(37)41)39-20-8-11-27-43(39)52(47)32-17-5-2-6-18-32/h1-30H;1-30H/i2*1D,3D,4D,15D,16D. The van der Waals surface area contributed by atoms with E-state index in [1.54, 1.807) is 15.9 Å². The molecule has 0 fully saturated rings. The van der Waals surface area contributed by atoms with Crippen LogP contribution in [-0.4, -0.2) is 18.3 Å². The summed E-state index contributed by atoms with van der Waals surface area (Å²) in [5, 5.41) is 12.1. The minimum absolute atomic E-state index is 0.0657. The topological polar surface area (TPSA) is 59.1 Å². The third kappa shape index (κ3) is 9.01. The van der Waals surface area contributed by atoms with Crippen molar-refractivity contribution in [2.24, 2.45) is 0 Å². The lowest BCUT2D eigenvalue weighted by molar-refractivity contribution is 0.665. The van der Waals surface area contributed by atoms with E-state index in [-0.39, 0.29) is 47.6 Å². The van der Waals surface area contributed by atoms with E-state index >= 15 is 0 Å². The molecule has 0 aliphatic heterocycles. The molecule has 518 valence electrons. The van der Waals surface area contributed by atoms with Crippen molar-refractivity contribution in [2.75, 3.05) is 0 Å². The fraction of sp³-hybridized carbons (Fsp3) is 0. The highest BCUT2D eigenvalue weighted by Gasteiger charge is 2.29. The van der Waals surface area contributed by atoms with Crippen LogP contribution >= 0.6 is 22.7 Å². The highest BCUT2D eigenvalue weighted by atomic mass is 32.1. The fourth-order valence-electron chi connectivity index (χ4n) is 17.7. The Morgan fingerprint density at radius 3 is 1.14 bits per heavy atom. The number of aromatic nitrogens is 4. The first-order valence-corrected chi connectivity index (χ1v) is 38.4. The third-order valence-corrected chi connectivity index (χ3v) is 24.7. The molecule has 9 heterocycles. The van der Waals surface area contributed by atoms with Gasteiger partial charge in [-0.3, -0.25) is 0 Å². The van der Waals surface area contributed by atoms with E-state index in [1.807, 2.05) is 107 Å². The first kappa shape index (κ1) is 52.7. The normalized spacial score (nSPS) is 13.4. The molecule has 16 aromatic carbocycles. The number of benzene rings is 16. The van der Waals surface area contributed by atoms with Gasteiger partial charge in [-0.25, -0.2) is 0 Å². The monoisotopic (exact) mass is 1460 g/mol. The summed E-state index contributed by atoms with van der Waals surface area (Å²) in [6.07, 6.45) is 0. The van der Waals surface area contributed by atoms with Crippen molar-refractivity contribution in [1.29, 1.82) is 0 Å². The molecule has 0 aliphatic rings. The maximum Gasteiger partial charge on any atom is 0.161 e. The zero-order chi connectivity index (χ0) is 81.2. The van der Waals surface area contributed by atoms with Crippen LogP contribution in [0.4, 0.5) is 0 Å². The maximum absolute atomic E-state index is 9.08. The Hall–Kier alpha value is -14.2. The average molecular weight is 1460 g/mol. The SMILES string of the molecule is [2H]c1c([2H])c([2H])c(-n2c3ccccc3c3cccc(-c4ccc(-c5cccc6c5sc5c7ccccc7n(-c7ccccc7)c65)c5sc6ccccc6c45)c32)c([2H])c1[2H].[2H]c1c([2H])c([2H])c(-n2c3ccccc3c3oc4c(-c5cccc6c5oc5c(-c7cccc8c7oc7c9ccccc9n(-c9ccccc9)c87)cccc56)cccc4c32)c([2H])c1[2H]. The molecule has 9 heteroatoms. The van der Waals surface area contributed by atoms with E-state index in [9.17, 15) is 0 Å². The van der Waals surface area contributed by atoms with Gasteiger partial charge in [0.1, 0.15) is 33.4 Å². The molecule has 9 aromatic heterocycles. The van der Waals surface area contributed by atoms with E-state index in [2.05, 4.69) is 221 Å². The third-order valence-electron chi connectivity index (χ3n) is 22.3. The molecule has 0 saturated heterocycles. The van der Waals surface area contributed by atoms with Crippen LogP contribution in [0, 0.1) is 0 Å². The molecular formula is C102H60N4O3S2. The van der Waals surface area contributed by atoms with Gasteiger partial charge in [-0.1, -0.05) is 261 Å². The second kappa shape index (κ2) is 24.1. The van der Waals surface area contributed by atoms with E-state index in [0.29, 0.717) is 27.8 Å². The van der Waals surface area contributed by atoms with Gasteiger partial charge in [0.25, 0.3) is 0 Å². The van der Waals surface area contributed by atoms with Gasteiger partial charge in [-0.2, -0.15) is 0 Å². The Morgan fingerprint density at radius 1 is 0.207 bits per heavy atom. The van der Waals surface area contributed by atoms with Crippen LogP contribution in [0.2, 0.25) is 0 Å². The number of nitrogens with zero attached hydrogens (tertiary/aromatic N) is 4. The molecule has 0 unspecified atom stereocenters. The molecule has 0 aliphatic carbocycles. The molecule has 0 atom stereocenters. The van der Waals surface area contributed by atoms with Crippen LogP contribution in [0.3, 0.4) is 0 Å². The Morgan fingerprint density at radius 2 is 0.577 bits per heavy atom. The average Bonchev–Trinajstić information content (AvgIpc) is 1.49. The summed E-state index contributed by atoms with van der Waals surface area (Å²) in [4.78, 5) is 0. The molecular weight excluding hydrogens is 1390 g/mol. The molecule has 111 heavy (non-hydrogen) atoms. The minimum atomic E-state index is -0.442. The number of para-hydroxylation sites is 13. The Bertz CT molecular complexity index is 8770. The molecule has 0 N–H and O–H groups in total.